The topological polar surface area (TPSA) is 65.0 Å². The van der Waals surface area contributed by atoms with Crippen molar-refractivity contribution in [2.75, 3.05) is 14.2 Å². The van der Waals surface area contributed by atoms with E-state index in [-0.39, 0.29) is 40.0 Å². The Morgan fingerprint density at radius 1 is 1.08 bits per heavy atom. The van der Waals surface area contributed by atoms with Crippen LogP contribution >= 0.6 is 0 Å². The second kappa shape index (κ2) is 8.88. The highest BCUT2D eigenvalue weighted by molar-refractivity contribution is 5.85. The number of ether oxygens (including phenoxy) is 3. The van der Waals surface area contributed by atoms with E-state index in [2.05, 4.69) is 40.7 Å². The lowest BCUT2D eigenvalue weighted by Gasteiger charge is -2.63. The molecule has 5 heteroatoms. The fourth-order valence-corrected chi connectivity index (χ4v) is 10.3. The van der Waals surface area contributed by atoms with Crippen LogP contribution in [0.1, 0.15) is 99.8 Å². The van der Waals surface area contributed by atoms with Gasteiger partial charge in [0.05, 0.1) is 11.7 Å². The fourth-order valence-electron chi connectivity index (χ4n) is 10.3. The van der Waals surface area contributed by atoms with Gasteiger partial charge < -0.3 is 19.3 Å². The molecule has 5 aliphatic rings. The summed E-state index contributed by atoms with van der Waals surface area (Å²) in [7, 11) is 3.40. The van der Waals surface area contributed by atoms with Gasteiger partial charge in [0.1, 0.15) is 11.9 Å². The number of carbonyl (C=O) groups excluding carboxylic acids is 1. The van der Waals surface area contributed by atoms with E-state index >= 15 is 0 Å². The molecule has 0 unspecified atom stereocenters. The molecule has 10 atom stereocenters. The van der Waals surface area contributed by atoms with Crippen molar-refractivity contribution in [2.45, 2.75) is 124 Å². The molecule has 0 spiro atoms. The summed E-state index contributed by atoms with van der Waals surface area (Å²) in [5.41, 5.74) is 1.32. The molecule has 0 bridgehead atoms. The third-order valence-corrected chi connectivity index (χ3v) is 13.1. The van der Waals surface area contributed by atoms with Crippen LogP contribution in [0.4, 0.5) is 0 Å². The molecule has 210 valence electrons. The minimum atomic E-state index is -0.702. The van der Waals surface area contributed by atoms with E-state index in [4.69, 9.17) is 14.2 Å². The van der Waals surface area contributed by atoms with E-state index in [1.807, 2.05) is 13.8 Å². The van der Waals surface area contributed by atoms with Crippen LogP contribution in [0.5, 0.6) is 0 Å². The lowest BCUT2D eigenvalue weighted by atomic mass is 9.41. The minimum Gasteiger partial charge on any atom is -0.387 e. The SMILES string of the molecule is CO[C@@H]1O[C@@H]([C@H](O)C(C)(C)OC)C[C@@H]1[C@@H]1CC[C@]2(C)C3=CC[C@@H]4C(C)(C)C(=O)CC[C@]4(C)[C@H]3CC[C@@]12C. The summed E-state index contributed by atoms with van der Waals surface area (Å²) in [4.78, 5) is 12.9. The summed E-state index contributed by atoms with van der Waals surface area (Å²) in [6.07, 6.45) is 9.70. The van der Waals surface area contributed by atoms with Gasteiger partial charge in [0, 0.05) is 32.0 Å². The van der Waals surface area contributed by atoms with Gasteiger partial charge in [-0.15, -0.1) is 0 Å². The van der Waals surface area contributed by atoms with Gasteiger partial charge in [-0.2, -0.15) is 0 Å². The van der Waals surface area contributed by atoms with Gasteiger partial charge in [-0.25, -0.2) is 0 Å². The van der Waals surface area contributed by atoms with E-state index < -0.39 is 11.7 Å². The van der Waals surface area contributed by atoms with Crippen molar-refractivity contribution >= 4 is 5.78 Å². The number of ketones is 1. The predicted molar refractivity (Wildman–Crippen MR) is 145 cm³/mol. The lowest BCUT2D eigenvalue weighted by Crippen LogP contribution is -2.57. The number of Topliss-reactive ketones (excluding diaryl/α,β-unsaturated/α-hetero) is 1. The molecule has 0 radical (unpaired) electrons. The molecule has 5 rings (SSSR count). The molecule has 0 aromatic carbocycles. The third kappa shape index (κ3) is 3.73. The maximum atomic E-state index is 12.9. The Hall–Kier alpha value is -0.750. The van der Waals surface area contributed by atoms with Gasteiger partial charge in [-0.1, -0.05) is 46.3 Å². The Labute approximate surface area is 225 Å². The van der Waals surface area contributed by atoms with E-state index in [1.54, 1.807) is 19.8 Å². The molecule has 4 fully saturated rings. The largest absolute Gasteiger partial charge is 0.387 e. The number of rotatable bonds is 5. The molecule has 1 N–H and O–H groups in total. The average molecular weight is 517 g/mol. The van der Waals surface area contributed by atoms with Crippen LogP contribution in [-0.4, -0.2) is 49.2 Å². The number of aliphatic hydroxyl groups excluding tert-OH is 1. The second-order valence-electron chi connectivity index (χ2n) is 15.0. The van der Waals surface area contributed by atoms with Gasteiger partial charge in [0.2, 0.25) is 0 Å². The summed E-state index contributed by atoms with van der Waals surface area (Å²) >= 11 is 0. The summed E-state index contributed by atoms with van der Waals surface area (Å²) < 4.78 is 17.9. The quantitative estimate of drug-likeness (QED) is 0.433. The molecule has 37 heavy (non-hydrogen) atoms. The Morgan fingerprint density at radius 2 is 1.78 bits per heavy atom. The van der Waals surface area contributed by atoms with Crippen LogP contribution in [0.2, 0.25) is 0 Å². The Kier molecular flexibility index (Phi) is 6.67. The fraction of sp³-hybridized carbons (Fsp3) is 0.906. The van der Waals surface area contributed by atoms with Crippen molar-refractivity contribution < 1.29 is 24.1 Å². The van der Waals surface area contributed by atoms with Crippen molar-refractivity contribution in [1.29, 1.82) is 0 Å². The van der Waals surface area contributed by atoms with E-state index in [9.17, 15) is 9.90 Å². The Balaban J connectivity index is 1.44. The van der Waals surface area contributed by atoms with Gasteiger partial charge in [-0.05, 0) is 92.8 Å². The number of fused-ring (bicyclic) bond motifs is 5. The first-order valence-electron chi connectivity index (χ1n) is 14.8. The number of hydrogen-bond acceptors (Lipinski definition) is 5. The van der Waals surface area contributed by atoms with Crippen LogP contribution in [0.25, 0.3) is 0 Å². The highest BCUT2D eigenvalue weighted by Crippen LogP contribution is 2.73. The molecule has 0 aromatic rings. The highest BCUT2D eigenvalue weighted by Gasteiger charge is 2.66. The van der Waals surface area contributed by atoms with Crippen LogP contribution < -0.4 is 0 Å². The van der Waals surface area contributed by atoms with Gasteiger partial charge in [-0.3, -0.25) is 4.79 Å². The maximum Gasteiger partial charge on any atom is 0.160 e. The molecular formula is C32H52O5. The molecule has 1 heterocycles. The van der Waals surface area contributed by atoms with Crippen molar-refractivity contribution in [3.05, 3.63) is 11.6 Å². The smallest absolute Gasteiger partial charge is 0.160 e. The summed E-state index contributed by atoms with van der Waals surface area (Å²) in [6, 6.07) is 0. The number of aliphatic hydroxyl groups is 1. The molecule has 3 saturated carbocycles. The zero-order valence-corrected chi connectivity index (χ0v) is 24.9. The van der Waals surface area contributed by atoms with Crippen LogP contribution in [0.3, 0.4) is 0 Å². The summed E-state index contributed by atoms with van der Waals surface area (Å²) in [5, 5.41) is 11.1. The molecular weight excluding hydrogens is 464 g/mol. The van der Waals surface area contributed by atoms with Gasteiger partial charge in [0.15, 0.2) is 6.29 Å². The number of methoxy groups -OCH3 is 2. The molecule has 1 saturated heterocycles. The van der Waals surface area contributed by atoms with Crippen molar-refractivity contribution in [1.82, 2.24) is 0 Å². The Bertz CT molecular complexity index is 953. The monoisotopic (exact) mass is 516 g/mol. The first kappa shape index (κ1) is 27.8. The zero-order valence-electron chi connectivity index (χ0n) is 24.9. The molecule has 1 aliphatic heterocycles. The van der Waals surface area contributed by atoms with Crippen molar-refractivity contribution in [2.24, 2.45) is 45.3 Å². The molecule has 0 amide bonds. The van der Waals surface area contributed by atoms with Crippen LogP contribution in [0, 0.1) is 45.3 Å². The molecule has 4 aliphatic carbocycles. The lowest BCUT2D eigenvalue weighted by molar-refractivity contribution is -0.189. The third-order valence-electron chi connectivity index (χ3n) is 13.1. The van der Waals surface area contributed by atoms with E-state index in [1.165, 1.54) is 25.7 Å². The second-order valence-corrected chi connectivity index (χ2v) is 15.0. The van der Waals surface area contributed by atoms with E-state index in [0.717, 1.165) is 25.7 Å². The molecule has 0 aromatic heterocycles. The van der Waals surface area contributed by atoms with Gasteiger partial charge >= 0.3 is 0 Å². The predicted octanol–water partition coefficient (Wildman–Crippen LogP) is 6.32. The van der Waals surface area contributed by atoms with Crippen LogP contribution in [-0.2, 0) is 19.0 Å². The maximum absolute atomic E-state index is 12.9. The first-order valence-corrected chi connectivity index (χ1v) is 14.8. The van der Waals surface area contributed by atoms with E-state index in [0.29, 0.717) is 23.5 Å². The molecule has 5 nitrogen and oxygen atoms in total. The van der Waals surface area contributed by atoms with Crippen molar-refractivity contribution in [3.8, 4) is 0 Å². The highest BCUT2D eigenvalue weighted by atomic mass is 16.7. The zero-order chi connectivity index (χ0) is 27.2. The summed E-state index contributed by atoms with van der Waals surface area (Å²) in [5.74, 6) is 2.22. The Morgan fingerprint density at radius 3 is 2.43 bits per heavy atom. The van der Waals surface area contributed by atoms with Crippen molar-refractivity contribution in [3.63, 3.8) is 0 Å². The van der Waals surface area contributed by atoms with Gasteiger partial charge in [0.25, 0.3) is 0 Å². The number of carbonyl (C=O) groups is 1. The first-order chi connectivity index (χ1) is 17.2. The summed E-state index contributed by atoms with van der Waals surface area (Å²) in [6.45, 7) is 15.9. The average Bonchev–Trinajstić information content (AvgIpc) is 3.39. The number of hydrogen-bond donors (Lipinski definition) is 1. The normalized spacial score (nSPS) is 48.2. The number of allylic oxidation sites excluding steroid dienone is 2. The van der Waals surface area contributed by atoms with Crippen LogP contribution in [0.15, 0.2) is 11.6 Å². The minimum absolute atomic E-state index is 0.154. The standard InChI is InChI=1S/C32H52O5/c1-28(2)24-11-10-22-21(30(24,5)15-14-25(28)33)13-17-31(6)20(12-16-32(22,31)7)19-18-23(37-27(19)35-8)26(34)29(3,4)36-9/h10,19-21,23-24,26-27,34H,11-18H2,1-9H3/t19-,20+,21+,23-,24-,26+,27-,30-,31+,32-/m1/s1.